The van der Waals surface area contributed by atoms with Gasteiger partial charge in [0, 0.05) is 13.2 Å². The van der Waals surface area contributed by atoms with Crippen molar-refractivity contribution < 1.29 is 4.74 Å². The highest BCUT2D eigenvalue weighted by atomic mass is 16.5. The molecule has 0 atom stereocenters. The van der Waals surface area contributed by atoms with Crippen LogP contribution >= 0.6 is 0 Å². The van der Waals surface area contributed by atoms with Crippen molar-refractivity contribution in [3.63, 3.8) is 0 Å². The summed E-state index contributed by atoms with van der Waals surface area (Å²) < 4.78 is 5.78. The van der Waals surface area contributed by atoms with Gasteiger partial charge in [-0.15, -0.1) is 0 Å². The smallest absolute Gasteiger partial charge is 0.0466 e. The zero-order valence-electron chi connectivity index (χ0n) is 24.7. The summed E-state index contributed by atoms with van der Waals surface area (Å²) in [6.07, 6.45) is 28.2. The van der Waals surface area contributed by atoms with Crippen LogP contribution in [0.1, 0.15) is 142 Å². The lowest BCUT2D eigenvalue weighted by molar-refractivity contribution is 0.125. The lowest BCUT2D eigenvalue weighted by Gasteiger charge is -2.05. The normalized spacial score (nSPS) is 10.8. The van der Waals surface area contributed by atoms with Crippen LogP contribution in [0.2, 0.25) is 0 Å². The lowest BCUT2D eigenvalue weighted by Crippen LogP contribution is -1.97. The standard InChI is InChI=1S/C24H50O.C12H10/c1-3-5-7-9-11-13-15-17-19-21-23-25-24-22-20-18-16-14-12-10-8-6-4-2;1-3-7-11(8-4-1)12-9-5-2-6-10-12/h3-24H2,1-2H3;1-10H. The van der Waals surface area contributed by atoms with E-state index < -0.39 is 0 Å². The molecule has 37 heavy (non-hydrogen) atoms. The Labute approximate surface area is 231 Å². The SMILES string of the molecule is CCCCCCCCCCCCOCCCCCCCCCCCC.c1ccc(-c2ccccc2)cc1. The first kappa shape index (κ1) is 33.4. The zero-order valence-corrected chi connectivity index (χ0v) is 24.7. The minimum absolute atomic E-state index is 0.994. The molecule has 2 aromatic rings. The van der Waals surface area contributed by atoms with E-state index in [0.29, 0.717) is 0 Å². The van der Waals surface area contributed by atoms with E-state index in [1.54, 1.807) is 0 Å². The summed E-state index contributed by atoms with van der Waals surface area (Å²) in [5.41, 5.74) is 2.55. The second-order valence-electron chi connectivity index (χ2n) is 10.7. The largest absolute Gasteiger partial charge is 0.381 e. The van der Waals surface area contributed by atoms with Crippen LogP contribution in [0.4, 0.5) is 0 Å². The molecule has 0 unspecified atom stereocenters. The maximum absolute atomic E-state index is 5.78. The van der Waals surface area contributed by atoms with Crippen LogP contribution in [0.5, 0.6) is 0 Å². The molecule has 0 saturated heterocycles. The molecule has 1 heteroatoms. The van der Waals surface area contributed by atoms with Gasteiger partial charge in [0.1, 0.15) is 0 Å². The molecule has 0 aliphatic carbocycles. The number of hydrogen-bond acceptors (Lipinski definition) is 1. The van der Waals surface area contributed by atoms with Crippen LogP contribution in [-0.2, 0) is 4.74 Å². The Hall–Kier alpha value is -1.60. The van der Waals surface area contributed by atoms with Crippen LogP contribution in [-0.4, -0.2) is 13.2 Å². The van der Waals surface area contributed by atoms with Crippen molar-refractivity contribution in [1.82, 2.24) is 0 Å². The number of benzene rings is 2. The average molecular weight is 509 g/mol. The van der Waals surface area contributed by atoms with E-state index in [9.17, 15) is 0 Å². The van der Waals surface area contributed by atoms with Gasteiger partial charge < -0.3 is 4.74 Å². The molecule has 0 aliphatic heterocycles. The Bertz CT molecular complexity index is 606. The van der Waals surface area contributed by atoms with Gasteiger partial charge in [-0.1, -0.05) is 190 Å². The highest BCUT2D eigenvalue weighted by molar-refractivity contribution is 5.62. The molecule has 0 saturated carbocycles. The van der Waals surface area contributed by atoms with Crippen molar-refractivity contribution in [2.75, 3.05) is 13.2 Å². The topological polar surface area (TPSA) is 9.23 Å². The molecule has 1 nitrogen and oxygen atoms in total. The highest BCUT2D eigenvalue weighted by Crippen LogP contribution is 2.17. The monoisotopic (exact) mass is 508 g/mol. The lowest BCUT2D eigenvalue weighted by atomic mass is 10.1. The van der Waals surface area contributed by atoms with Gasteiger partial charge in [-0.25, -0.2) is 0 Å². The van der Waals surface area contributed by atoms with Gasteiger partial charge in [0.25, 0.3) is 0 Å². The highest BCUT2D eigenvalue weighted by Gasteiger charge is 1.95. The van der Waals surface area contributed by atoms with E-state index in [0.717, 1.165) is 13.2 Å². The molecule has 0 spiro atoms. The minimum atomic E-state index is 0.994. The maximum atomic E-state index is 5.78. The first-order valence-electron chi connectivity index (χ1n) is 16.1. The number of hydrogen-bond donors (Lipinski definition) is 0. The molecule has 0 fully saturated rings. The Balaban J connectivity index is 0.000000466. The summed E-state index contributed by atoms with van der Waals surface area (Å²) in [7, 11) is 0. The molecule has 2 aromatic carbocycles. The third kappa shape index (κ3) is 22.1. The van der Waals surface area contributed by atoms with Gasteiger partial charge in [-0.3, -0.25) is 0 Å². The number of ether oxygens (including phenoxy) is 1. The van der Waals surface area contributed by atoms with Gasteiger partial charge in [0.05, 0.1) is 0 Å². The van der Waals surface area contributed by atoms with Crippen molar-refractivity contribution in [3.8, 4) is 11.1 Å². The van der Waals surface area contributed by atoms with Crippen molar-refractivity contribution >= 4 is 0 Å². The summed E-state index contributed by atoms with van der Waals surface area (Å²) >= 11 is 0. The fourth-order valence-electron chi connectivity index (χ4n) is 4.75. The van der Waals surface area contributed by atoms with Crippen molar-refractivity contribution in [2.45, 2.75) is 142 Å². The molecule has 0 bridgehead atoms. The van der Waals surface area contributed by atoms with E-state index in [1.807, 2.05) is 12.1 Å². The van der Waals surface area contributed by atoms with Crippen LogP contribution in [0.3, 0.4) is 0 Å². The zero-order chi connectivity index (χ0) is 26.5. The third-order valence-electron chi connectivity index (χ3n) is 7.17. The Morgan fingerprint density at radius 2 is 0.622 bits per heavy atom. The van der Waals surface area contributed by atoms with E-state index in [1.165, 1.54) is 140 Å². The van der Waals surface area contributed by atoms with Gasteiger partial charge in [-0.2, -0.15) is 0 Å². The van der Waals surface area contributed by atoms with E-state index in [2.05, 4.69) is 62.4 Å². The summed E-state index contributed by atoms with van der Waals surface area (Å²) in [6.45, 7) is 6.57. The molecule has 2 rings (SSSR count). The van der Waals surface area contributed by atoms with Crippen LogP contribution in [0.25, 0.3) is 11.1 Å². The van der Waals surface area contributed by atoms with Gasteiger partial charge in [0.15, 0.2) is 0 Å². The summed E-state index contributed by atoms with van der Waals surface area (Å²) in [6, 6.07) is 20.8. The van der Waals surface area contributed by atoms with Gasteiger partial charge in [-0.05, 0) is 24.0 Å². The Morgan fingerprint density at radius 1 is 0.351 bits per heavy atom. The molecule has 0 aliphatic rings. The predicted molar refractivity (Wildman–Crippen MR) is 166 cm³/mol. The number of unbranched alkanes of at least 4 members (excludes halogenated alkanes) is 18. The molecular weight excluding hydrogens is 448 g/mol. The summed E-state index contributed by atoms with van der Waals surface area (Å²) in [4.78, 5) is 0. The van der Waals surface area contributed by atoms with Crippen LogP contribution in [0.15, 0.2) is 60.7 Å². The average Bonchev–Trinajstić information content (AvgIpc) is 2.95. The molecule has 0 amide bonds. The van der Waals surface area contributed by atoms with Gasteiger partial charge in [0.2, 0.25) is 0 Å². The van der Waals surface area contributed by atoms with Crippen molar-refractivity contribution in [3.05, 3.63) is 60.7 Å². The molecule has 0 aromatic heterocycles. The Kier molecular flexibility index (Phi) is 24.8. The molecule has 0 radical (unpaired) electrons. The van der Waals surface area contributed by atoms with E-state index in [4.69, 9.17) is 4.74 Å². The summed E-state index contributed by atoms with van der Waals surface area (Å²) in [5, 5.41) is 0. The van der Waals surface area contributed by atoms with Crippen molar-refractivity contribution in [2.24, 2.45) is 0 Å². The first-order chi connectivity index (χ1) is 18.4. The van der Waals surface area contributed by atoms with Crippen molar-refractivity contribution in [1.29, 1.82) is 0 Å². The Morgan fingerprint density at radius 3 is 0.919 bits per heavy atom. The minimum Gasteiger partial charge on any atom is -0.381 e. The fourth-order valence-corrected chi connectivity index (χ4v) is 4.75. The quantitative estimate of drug-likeness (QED) is 0.136. The van der Waals surface area contributed by atoms with E-state index >= 15 is 0 Å². The molecular formula is C36H60O. The third-order valence-corrected chi connectivity index (χ3v) is 7.17. The number of rotatable bonds is 23. The van der Waals surface area contributed by atoms with E-state index in [-0.39, 0.29) is 0 Å². The van der Waals surface area contributed by atoms with Crippen LogP contribution in [0, 0.1) is 0 Å². The maximum Gasteiger partial charge on any atom is 0.0466 e. The molecule has 0 heterocycles. The predicted octanol–water partition coefficient (Wildman–Crippen LogP) is 12.2. The molecule has 0 N–H and O–H groups in total. The second-order valence-corrected chi connectivity index (χ2v) is 10.7. The van der Waals surface area contributed by atoms with Gasteiger partial charge >= 0.3 is 0 Å². The van der Waals surface area contributed by atoms with Crippen LogP contribution < -0.4 is 0 Å². The first-order valence-corrected chi connectivity index (χ1v) is 16.1. The second kappa shape index (κ2) is 27.4. The summed E-state index contributed by atoms with van der Waals surface area (Å²) in [5.74, 6) is 0. The molecule has 210 valence electrons. The fraction of sp³-hybridized carbons (Fsp3) is 0.667.